The first-order valence-electron chi connectivity index (χ1n) is 8.60. The van der Waals surface area contributed by atoms with E-state index in [2.05, 4.69) is 41.6 Å². The first-order chi connectivity index (χ1) is 12.5. The molecule has 1 aliphatic rings. The average Bonchev–Trinajstić information content (AvgIpc) is 3.18. The number of nitrogens with zero attached hydrogens (tertiary/aromatic N) is 3. The van der Waals surface area contributed by atoms with Gasteiger partial charge in [-0.3, -0.25) is 14.3 Å². The molecular formula is C19H20N4O2S. The average molecular weight is 368 g/mol. The second kappa shape index (κ2) is 6.57. The van der Waals surface area contributed by atoms with E-state index in [4.69, 9.17) is 0 Å². The number of carbonyl (C=O) groups is 2. The van der Waals surface area contributed by atoms with E-state index >= 15 is 0 Å². The molecule has 0 bridgehead atoms. The molecule has 6 nitrogen and oxygen atoms in total. The summed E-state index contributed by atoms with van der Waals surface area (Å²) >= 11 is 1.45. The van der Waals surface area contributed by atoms with Crippen molar-refractivity contribution >= 4 is 33.4 Å². The van der Waals surface area contributed by atoms with Crippen molar-refractivity contribution < 1.29 is 9.59 Å². The topological polar surface area (TPSA) is 67.2 Å². The molecule has 1 aromatic carbocycles. The predicted molar refractivity (Wildman–Crippen MR) is 102 cm³/mol. The molecule has 2 amide bonds. The molecule has 3 aromatic rings. The van der Waals surface area contributed by atoms with Gasteiger partial charge in [-0.15, -0.1) is 11.3 Å². The molecule has 0 atom stereocenters. The summed E-state index contributed by atoms with van der Waals surface area (Å²) in [5, 5.41) is 8.38. The fourth-order valence-electron chi connectivity index (χ4n) is 3.16. The Kier molecular flexibility index (Phi) is 4.24. The number of aryl methyl sites for hydroxylation is 2. The second-order valence-electron chi connectivity index (χ2n) is 6.63. The van der Waals surface area contributed by atoms with Crippen LogP contribution in [0, 0.1) is 13.8 Å². The summed E-state index contributed by atoms with van der Waals surface area (Å²) in [6.07, 6.45) is 0. The highest BCUT2D eigenvalue weighted by Gasteiger charge is 2.25. The Hall–Kier alpha value is -2.67. The van der Waals surface area contributed by atoms with Crippen molar-refractivity contribution in [2.24, 2.45) is 0 Å². The molecule has 2 aromatic heterocycles. The van der Waals surface area contributed by atoms with Gasteiger partial charge in [0, 0.05) is 18.5 Å². The lowest BCUT2D eigenvalue weighted by atomic mass is 10.1. The van der Waals surface area contributed by atoms with Crippen LogP contribution in [0.4, 0.5) is 0 Å². The van der Waals surface area contributed by atoms with Gasteiger partial charge in [0.25, 0.3) is 5.91 Å². The summed E-state index contributed by atoms with van der Waals surface area (Å²) in [5.41, 5.74) is 3.32. The van der Waals surface area contributed by atoms with E-state index in [0.717, 1.165) is 15.9 Å². The maximum absolute atomic E-state index is 12.8. The Morgan fingerprint density at radius 2 is 2.04 bits per heavy atom. The van der Waals surface area contributed by atoms with Crippen LogP contribution in [0.5, 0.6) is 0 Å². The van der Waals surface area contributed by atoms with Gasteiger partial charge in [0.15, 0.2) is 0 Å². The summed E-state index contributed by atoms with van der Waals surface area (Å²) in [6.45, 7) is 5.89. The number of hydrogen-bond donors (Lipinski definition) is 1. The zero-order valence-corrected chi connectivity index (χ0v) is 15.6. The van der Waals surface area contributed by atoms with Crippen LogP contribution in [-0.2, 0) is 11.3 Å². The van der Waals surface area contributed by atoms with E-state index in [1.807, 2.05) is 17.7 Å². The molecule has 4 rings (SSSR count). The SMILES string of the molecule is Cc1ccc(Cn2nc(C)c3cc(C(=O)N4CCNC(=O)C4)sc32)cc1. The first-order valence-corrected chi connectivity index (χ1v) is 9.41. The molecule has 26 heavy (non-hydrogen) atoms. The van der Waals surface area contributed by atoms with Crippen molar-refractivity contribution in [1.29, 1.82) is 0 Å². The van der Waals surface area contributed by atoms with Gasteiger partial charge in [-0.25, -0.2) is 0 Å². The summed E-state index contributed by atoms with van der Waals surface area (Å²) in [6, 6.07) is 10.3. The zero-order chi connectivity index (χ0) is 18.3. The Morgan fingerprint density at radius 3 is 2.77 bits per heavy atom. The third kappa shape index (κ3) is 3.10. The van der Waals surface area contributed by atoms with Gasteiger partial charge in [-0.1, -0.05) is 29.8 Å². The number of fused-ring (bicyclic) bond motifs is 1. The van der Waals surface area contributed by atoms with Crippen molar-refractivity contribution in [2.75, 3.05) is 19.6 Å². The monoisotopic (exact) mass is 368 g/mol. The van der Waals surface area contributed by atoms with E-state index in [9.17, 15) is 9.59 Å². The highest BCUT2D eigenvalue weighted by molar-refractivity contribution is 7.20. The summed E-state index contributed by atoms with van der Waals surface area (Å²) in [5.74, 6) is -0.185. The predicted octanol–water partition coefficient (Wildman–Crippen LogP) is 2.33. The minimum absolute atomic E-state index is 0.0812. The van der Waals surface area contributed by atoms with Gasteiger partial charge in [-0.2, -0.15) is 5.10 Å². The number of aromatic nitrogens is 2. The van der Waals surface area contributed by atoms with Crippen LogP contribution >= 0.6 is 11.3 Å². The number of hydrogen-bond acceptors (Lipinski definition) is 4. The van der Waals surface area contributed by atoms with Crippen molar-refractivity contribution in [1.82, 2.24) is 20.0 Å². The lowest BCUT2D eigenvalue weighted by Crippen LogP contribution is -2.49. The van der Waals surface area contributed by atoms with Crippen molar-refractivity contribution in [3.05, 3.63) is 52.0 Å². The van der Waals surface area contributed by atoms with Crippen molar-refractivity contribution in [2.45, 2.75) is 20.4 Å². The third-order valence-electron chi connectivity index (χ3n) is 4.60. The largest absolute Gasteiger partial charge is 0.353 e. The Balaban J connectivity index is 1.63. The van der Waals surface area contributed by atoms with Crippen molar-refractivity contribution in [3.63, 3.8) is 0 Å². The Morgan fingerprint density at radius 1 is 1.27 bits per heavy atom. The standard InChI is InChI=1S/C19H20N4O2S/c1-12-3-5-14(6-4-12)10-23-19-15(13(2)21-23)9-16(26-19)18(25)22-8-7-20-17(24)11-22/h3-6,9H,7-8,10-11H2,1-2H3,(H,20,24). The van der Waals surface area contributed by atoms with Crippen molar-refractivity contribution in [3.8, 4) is 0 Å². The van der Waals surface area contributed by atoms with Crippen LogP contribution in [0.2, 0.25) is 0 Å². The number of nitrogens with one attached hydrogen (secondary N) is 1. The number of benzene rings is 1. The van der Waals surface area contributed by atoms with E-state index in [1.54, 1.807) is 4.90 Å². The smallest absolute Gasteiger partial charge is 0.264 e. The van der Waals surface area contributed by atoms with Gasteiger partial charge >= 0.3 is 0 Å². The first kappa shape index (κ1) is 16.8. The molecule has 0 saturated carbocycles. The van der Waals surface area contributed by atoms with Crippen LogP contribution in [0.15, 0.2) is 30.3 Å². The van der Waals surface area contributed by atoms with Gasteiger partial charge in [0.05, 0.1) is 23.7 Å². The van der Waals surface area contributed by atoms with E-state index < -0.39 is 0 Å². The summed E-state index contributed by atoms with van der Waals surface area (Å²) < 4.78 is 1.96. The maximum atomic E-state index is 12.8. The van der Waals surface area contributed by atoms with Crippen LogP contribution in [0.1, 0.15) is 26.5 Å². The molecule has 0 spiro atoms. The number of amides is 2. The van der Waals surface area contributed by atoms with E-state index in [1.165, 1.54) is 22.5 Å². The van der Waals surface area contributed by atoms with Crippen LogP contribution in [-0.4, -0.2) is 46.1 Å². The molecule has 1 aliphatic heterocycles. The van der Waals surface area contributed by atoms with Crippen LogP contribution in [0.3, 0.4) is 0 Å². The lowest BCUT2D eigenvalue weighted by molar-refractivity contribution is -0.123. The van der Waals surface area contributed by atoms with Crippen LogP contribution < -0.4 is 5.32 Å². The van der Waals surface area contributed by atoms with Gasteiger partial charge in [0.1, 0.15) is 4.83 Å². The molecule has 1 N–H and O–H groups in total. The second-order valence-corrected chi connectivity index (χ2v) is 7.67. The zero-order valence-electron chi connectivity index (χ0n) is 14.8. The minimum Gasteiger partial charge on any atom is -0.353 e. The third-order valence-corrected chi connectivity index (χ3v) is 5.73. The molecule has 7 heteroatoms. The highest BCUT2D eigenvalue weighted by Crippen LogP contribution is 2.29. The molecule has 1 saturated heterocycles. The molecule has 0 unspecified atom stereocenters. The molecule has 0 aliphatic carbocycles. The van der Waals surface area contributed by atoms with Gasteiger partial charge in [0.2, 0.25) is 5.91 Å². The normalized spacial score (nSPS) is 14.7. The molecule has 1 fully saturated rings. The fourth-order valence-corrected chi connectivity index (χ4v) is 4.29. The number of piperazine rings is 1. The maximum Gasteiger partial charge on any atom is 0.264 e. The summed E-state index contributed by atoms with van der Waals surface area (Å²) in [7, 11) is 0. The van der Waals surface area contributed by atoms with Crippen LogP contribution in [0.25, 0.3) is 10.2 Å². The number of carbonyl (C=O) groups excluding carboxylic acids is 2. The van der Waals surface area contributed by atoms with E-state index in [-0.39, 0.29) is 18.4 Å². The van der Waals surface area contributed by atoms with E-state index in [0.29, 0.717) is 24.5 Å². The molecular weight excluding hydrogens is 348 g/mol. The quantitative estimate of drug-likeness (QED) is 0.772. The Bertz CT molecular complexity index is 987. The Labute approximate surface area is 155 Å². The fraction of sp³-hybridized carbons (Fsp3) is 0.316. The van der Waals surface area contributed by atoms with Gasteiger partial charge in [-0.05, 0) is 25.5 Å². The number of thiophene rings is 1. The lowest BCUT2D eigenvalue weighted by Gasteiger charge is -2.26. The minimum atomic E-state index is -0.104. The summed E-state index contributed by atoms with van der Waals surface area (Å²) in [4.78, 5) is 27.6. The highest BCUT2D eigenvalue weighted by atomic mass is 32.1. The molecule has 3 heterocycles. The molecule has 134 valence electrons. The van der Waals surface area contributed by atoms with Gasteiger partial charge < -0.3 is 10.2 Å². The number of rotatable bonds is 3. The molecule has 0 radical (unpaired) electrons.